The Morgan fingerprint density at radius 3 is 2.60 bits per heavy atom. The summed E-state index contributed by atoms with van der Waals surface area (Å²) in [5.41, 5.74) is 6.06. The Hall–Kier alpha value is -2.38. The highest BCUT2D eigenvalue weighted by Crippen LogP contribution is 2.26. The number of hydrogen-bond donors (Lipinski definition) is 2. The minimum absolute atomic E-state index is 0.179. The van der Waals surface area contributed by atoms with Gasteiger partial charge in [0.2, 0.25) is 0 Å². The first-order valence-electron chi connectivity index (χ1n) is 8.44. The molecule has 0 aliphatic carbocycles. The molecule has 0 radical (unpaired) electrons. The number of urea groups is 1. The van der Waals surface area contributed by atoms with Crippen molar-refractivity contribution in [1.82, 2.24) is 15.3 Å². The van der Waals surface area contributed by atoms with E-state index in [4.69, 9.17) is 9.57 Å². The number of amides is 2. The first-order valence-corrected chi connectivity index (χ1v) is 8.44. The van der Waals surface area contributed by atoms with E-state index in [1.807, 2.05) is 42.8 Å². The van der Waals surface area contributed by atoms with Crippen molar-refractivity contribution in [3.63, 3.8) is 0 Å². The maximum Gasteiger partial charge on any atom is 0.343 e. The van der Waals surface area contributed by atoms with E-state index in [9.17, 15) is 4.79 Å². The van der Waals surface area contributed by atoms with Crippen LogP contribution in [0.25, 0.3) is 5.69 Å². The van der Waals surface area contributed by atoms with Gasteiger partial charge in [0.15, 0.2) is 0 Å². The van der Waals surface area contributed by atoms with Crippen LogP contribution in [-0.2, 0) is 9.57 Å². The van der Waals surface area contributed by atoms with Gasteiger partial charge in [-0.05, 0) is 31.9 Å². The van der Waals surface area contributed by atoms with Gasteiger partial charge < -0.3 is 10.1 Å². The molecular formula is C18H26N4O3. The smallest absolute Gasteiger partial charge is 0.343 e. The molecule has 1 aromatic heterocycles. The molecular weight excluding hydrogens is 320 g/mol. The maximum atomic E-state index is 12.0. The molecule has 136 valence electrons. The number of anilines is 1. The average Bonchev–Trinajstić information content (AvgIpc) is 2.99. The summed E-state index contributed by atoms with van der Waals surface area (Å²) in [6.07, 6.45) is 1.65. The van der Waals surface area contributed by atoms with Gasteiger partial charge in [-0.15, -0.1) is 0 Å². The van der Waals surface area contributed by atoms with Gasteiger partial charge in [-0.2, -0.15) is 5.10 Å². The SMILES string of the molecule is CCOCCONC(=O)Nc1cnn(-c2ccc(C)cc2)c1C(C)C. The second-order valence-electron chi connectivity index (χ2n) is 5.95. The lowest BCUT2D eigenvalue weighted by molar-refractivity contribution is 0.0163. The van der Waals surface area contributed by atoms with Crippen LogP contribution in [0, 0.1) is 6.92 Å². The summed E-state index contributed by atoms with van der Waals surface area (Å²) in [4.78, 5) is 17.0. The summed E-state index contributed by atoms with van der Waals surface area (Å²) in [5.74, 6) is 0.179. The number of carbonyl (C=O) groups is 1. The van der Waals surface area contributed by atoms with E-state index in [0.29, 0.717) is 25.5 Å². The minimum atomic E-state index is -0.443. The summed E-state index contributed by atoms with van der Waals surface area (Å²) in [7, 11) is 0. The summed E-state index contributed by atoms with van der Waals surface area (Å²) >= 11 is 0. The Balaban J connectivity index is 2.06. The fourth-order valence-corrected chi connectivity index (χ4v) is 2.41. The van der Waals surface area contributed by atoms with E-state index >= 15 is 0 Å². The number of ether oxygens (including phenoxy) is 1. The Morgan fingerprint density at radius 1 is 1.24 bits per heavy atom. The molecule has 0 aliphatic heterocycles. The third-order valence-corrected chi connectivity index (χ3v) is 3.58. The van der Waals surface area contributed by atoms with E-state index in [2.05, 4.69) is 29.7 Å². The minimum Gasteiger partial charge on any atom is -0.379 e. The zero-order chi connectivity index (χ0) is 18.2. The van der Waals surface area contributed by atoms with Crippen LogP contribution in [0.2, 0.25) is 0 Å². The number of aryl methyl sites for hydroxylation is 1. The van der Waals surface area contributed by atoms with Crippen molar-refractivity contribution in [2.24, 2.45) is 0 Å². The molecule has 0 saturated carbocycles. The van der Waals surface area contributed by atoms with E-state index in [1.54, 1.807) is 6.20 Å². The zero-order valence-corrected chi connectivity index (χ0v) is 15.2. The average molecular weight is 346 g/mol. The first kappa shape index (κ1) is 19.0. The fraction of sp³-hybridized carbons (Fsp3) is 0.444. The Labute approximate surface area is 148 Å². The molecule has 0 spiro atoms. The normalized spacial score (nSPS) is 10.9. The third-order valence-electron chi connectivity index (χ3n) is 3.58. The lowest BCUT2D eigenvalue weighted by Gasteiger charge is -2.14. The van der Waals surface area contributed by atoms with Crippen LogP contribution in [0.5, 0.6) is 0 Å². The standard InChI is InChI=1S/C18H26N4O3/c1-5-24-10-11-25-21-18(23)20-16-12-19-22(17(16)13(2)3)15-8-6-14(4)7-9-15/h6-9,12-13H,5,10-11H2,1-4H3,(H2,20,21,23). The number of carbonyl (C=O) groups excluding carboxylic acids is 1. The molecule has 0 aliphatic rings. The molecule has 2 N–H and O–H groups in total. The number of hydroxylamine groups is 1. The Morgan fingerprint density at radius 2 is 1.96 bits per heavy atom. The molecule has 7 heteroatoms. The van der Waals surface area contributed by atoms with Gasteiger partial charge in [0.25, 0.3) is 0 Å². The number of benzene rings is 1. The highest BCUT2D eigenvalue weighted by Gasteiger charge is 2.17. The molecule has 2 rings (SSSR count). The number of aromatic nitrogens is 2. The van der Waals surface area contributed by atoms with Gasteiger partial charge in [0.05, 0.1) is 36.5 Å². The largest absolute Gasteiger partial charge is 0.379 e. The highest BCUT2D eigenvalue weighted by atomic mass is 16.7. The van der Waals surface area contributed by atoms with Crippen LogP contribution in [0.15, 0.2) is 30.5 Å². The van der Waals surface area contributed by atoms with E-state index in [1.165, 1.54) is 5.56 Å². The van der Waals surface area contributed by atoms with Gasteiger partial charge in [-0.3, -0.25) is 4.84 Å². The fourth-order valence-electron chi connectivity index (χ4n) is 2.41. The number of rotatable bonds is 8. The predicted octanol–water partition coefficient (Wildman–Crippen LogP) is 3.39. The van der Waals surface area contributed by atoms with Gasteiger partial charge >= 0.3 is 6.03 Å². The third kappa shape index (κ3) is 5.30. The lowest BCUT2D eigenvalue weighted by atomic mass is 10.1. The molecule has 1 aromatic carbocycles. The molecule has 2 amide bonds. The van der Waals surface area contributed by atoms with Gasteiger partial charge in [-0.1, -0.05) is 31.5 Å². The molecule has 0 unspecified atom stereocenters. The molecule has 0 atom stereocenters. The van der Waals surface area contributed by atoms with Crippen molar-refractivity contribution in [3.8, 4) is 5.69 Å². The van der Waals surface area contributed by atoms with Crippen LogP contribution in [0.3, 0.4) is 0 Å². The first-order chi connectivity index (χ1) is 12.0. The molecule has 2 aromatic rings. The molecule has 7 nitrogen and oxygen atoms in total. The Bertz CT molecular complexity index is 680. The summed E-state index contributed by atoms with van der Waals surface area (Å²) < 4.78 is 6.98. The molecule has 25 heavy (non-hydrogen) atoms. The van der Waals surface area contributed by atoms with Crippen molar-refractivity contribution in [3.05, 3.63) is 41.7 Å². The molecule has 1 heterocycles. The van der Waals surface area contributed by atoms with E-state index < -0.39 is 6.03 Å². The number of nitrogens with one attached hydrogen (secondary N) is 2. The molecule has 0 fully saturated rings. The van der Waals surface area contributed by atoms with E-state index in [-0.39, 0.29) is 5.92 Å². The van der Waals surface area contributed by atoms with Gasteiger partial charge in [-0.25, -0.2) is 15.0 Å². The monoisotopic (exact) mass is 346 g/mol. The van der Waals surface area contributed by atoms with Crippen LogP contribution in [0.4, 0.5) is 10.5 Å². The van der Waals surface area contributed by atoms with E-state index in [0.717, 1.165) is 11.4 Å². The Kier molecular flexibility index (Phi) is 6.97. The van der Waals surface area contributed by atoms with Crippen molar-refractivity contribution in [1.29, 1.82) is 0 Å². The summed E-state index contributed by atoms with van der Waals surface area (Å²) in [6, 6.07) is 7.64. The number of nitrogens with zero attached hydrogens (tertiary/aromatic N) is 2. The second-order valence-corrected chi connectivity index (χ2v) is 5.95. The van der Waals surface area contributed by atoms with Crippen LogP contribution >= 0.6 is 0 Å². The van der Waals surface area contributed by atoms with Gasteiger partial charge in [0, 0.05) is 6.61 Å². The maximum absolute atomic E-state index is 12.0. The summed E-state index contributed by atoms with van der Waals surface area (Å²) in [6.45, 7) is 9.40. The zero-order valence-electron chi connectivity index (χ0n) is 15.2. The highest BCUT2D eigenvalue weighted by molar-refractivity contribution is 5.89. The van der Waals surface area contributed by atoms with Crippen molar-refractivity contribution in [2.45, 2.75) is 33.6 Å². The van der Waals surface area contributed by atoms with Crippen LogP contribution in [-0.4, -0.2) is 35.6 Å². The van der Waals surface area contributed by atoms with Gasteiger partial charge in [0.1, 0.15) is 0 Å². The molecule has 0 bridgehead atoms. The summed E-state index contributed by atoms with van der Waals surface area (Å²) in [5, 5.41) is 7.21. The van der Waals surface area contributed by atoms with Crippen LogP contribution < -0.4 is 10.8 Å². The van der Waals surface area contributed by atoms with Crippen molar-refractivity contribution >= 4 is 11.7 Å². The number of hydrogen-bond acceptors (Lipinski definition) is 4. The molecule has 0 saturated heterocycles. The van der Waals surface area contributed by atoms with Crippen molar-refractivity contribution in [2.75, 3.05) is 25.1 Å². The van der Waals surface area contributed by atoms with Crippen molar-refractivity contribution < 1.29 is 14.4 Å². The topological polar surface area (TPSA) is 77.4 Å². The quantitative estimate of drug-likeness (QED) is 0.567. The predicted molar refractivity (Wildman–Crippen MR) is 97.0 cm³/mol. The van der Waals surface area contributed by atoms with Crippen LogP contribution in [0.1, 0.15) is 37.9 Å². The second kappa shape index (κ2) is 9.19. The lowest BCUT2D eigenvalue weighted by Crippen LogP contribution is -2.30.